The van der Waals surface area contributed by atoms with Crippen LogP contribution in [0.1, 0.15) is 5.56 Å². The number of nitro groups is 1. The van der Waals surface area contributed by atoms with Gasteiger partial charge in [0.2, 0.25) is 10.0 Å². The number of nitrogens with zero attached hydrogens (tertiary/aromatic N) is 2. The van der Waals surface area contributed by atoms with E-state index in [2.05, 4.69) is 4.99 Å². The van der Waals surface area contributed by atoms with E-state index < -0.39 is 14.9 Å². The molecule has 7 nitrogen and oxygen atoms in total. The normalized spacial score (nSPS) is 11.7. The number of rotatable bonds is 4. The number of primary sulfonamides is 1. The minimum absolute atomic E-state index is 0.0198. The van der Waals surface area contributed by atoms with Gasteiger partial charge in [-0.05, 0) is 35.9 Å². The summed E-state index contributed by atoms with van der Waals surface area (Å²) in [6.45, 7) is 0. The third kappa shape index (κ3) is 3.88. The minimum Gasteiger partial charge on any atom is -0.258 e. The Labute approximate surface area is 131 Å². The zero-order chi connectivity index (χ0) is 16.3. The van der Waals surface area contributed by atoms with Crippen molar-refractivity contribution in [3.8, 4) is 0 Å². The molecule has 2 aromatic rings. The minimum atomic E-state index is -3.75. The van der Waals surface area contributed by atoms with Gasteiger partial charge in [0.1, 0.15) is 5.02 Å². The lowest BCUT2D eigenvalue weighted by Gasteiger charge is -1.99. The van der Waals surface area contributed by atoms with Crippen molar-refractivity contribution in [1.29, 1.82) is 0 Å². The average molecular weight is 340 g/mol. The van der Waals surface area contributed by atoms with Gasteiger partial charge < -0.3 is 0 Å². The predicted molar refractivity (Wildman–Crippen MR) is 83.2 cm³/mol. The summed E-state index contributed by atoms with van der Waals surface area (Å²) >= 11 is 5.71. The summed E-state index contributed by atoms with van der Waals surface area (Å²) in [5, 5.41) is 15.8. The summed E-state index contributed by atoms with van der Waals surface area (Å²) in [7, 11) is -3.75. The molecular weight excluding hydrogens is 330 g/mol. The van der Waals surface area contributed by atoms with Gasteiger partial charge in [-0.3, -0.25) is 15.1 Å². The van der Waals surface area contributed by atoms with Crippen molar-refractivity contribution < 1.29 is 13.3 Å². The van der Waals surface area contributed by atoms with Crippen molar-refractivity contribution in [1.82, 2.24) is 0 Å². The first-order valence-corrected chi connectivity index (χ1v) is 7.81. The summed E-state index contributed by atoms with van der Waals surface area (Å²) < 4.78 is 22.2. The number of nitro benzene ring substituents is 1. The molecule has 0 saturated carbocycles. The van der Waals surface area contributed by atoms with Crippen LogP contribution in [-0.4, -0.2) is 19.6 Å². The van der Waals surface area contributed by atoms with Crippen LogP contribution in [0, 0.1) is 10.1 Å². The lowest BCUT2D eigenvalue weighted by Crippen LogP contribution is -2.11. The highest BCUT2D eigenvalue weighted by atomic mass is 35.5. The molecule has 0 radical (unpaired) electrons. The molecule has 0 aliphatic heterocycles. The molecular formula is C13H10ClN3O4S. The number of aliphatic imine (C=N–C) groups is 1. The van der Waals surface area contributed by atoms with Gasteiger partial charge in [0.05, 0.1) is 15.5 Å². The molecule has 0 bridgehead atoms. The van der Waals surface area contributed by atoms with E-state index in [1.54, 1.807) is 6.07 Å². The van der Waals surface area contributed by atoms with Crippen molar-refractivity contribution in [3.63, 3.8) is 0 Å². The van der Waals surface area contributed by atoms with E-state index in [-0.39, 0.29) is 15.6 Å². The Kier molecular flexibility index (Phi) is 4.55. The second kappa shape index (κ2) is 6.22. The number of sulfonamides is 1. The fourth-order valence-electron chi connectivity index (χ4n) is 1.62. The third-order valence-electron chi connectivity index (χ3n) is 2.69. The molecule has 0 aromatic heterocycles. The van der Waals surface area contributed by atoms with Gasteiger partial charge in [-0.2, -0.15) is 0 Å². The molecule has 0 atom stereocenters. The maximum absolute atomic E-state index is 11.1. The first kappa shape index (κ1) is 16.1. The van der Waals surface area contributed by atoms with Crippen molar-refractivity contribution in [2.24, 2.45) is 10.1 Å². The van der Waals surface area contributed by atoms with Crippen LogP contribution in [0.5, 0.6) is 0 Å². The quantitative estimate of drug-likeness (QED) is 0.523. The topological polar surface area (TPSA) is 116 Å². The molecule has 0 heterocycles. The smallest absolute Gasteiger partial charge is 0.258 e. The Morgan fingerprint density at radius 3 is 2.36 bits per heavy atom. The van der Waals surface area contributed by atoms with Crippen LogP contribution in [0.4, 0.5) is 11.4 Å². The summed E-state index contributed by atoms with van der Waals surface area (Å²) in [6, 6.07) is 9.88. The van der Waals surface area contributed by atoms with Gasteiger partial charge in [-0.25, -0.2) is 13.6 Å². The monoisotopic (exact) mass is 339 g/mol. The third-order valence-corrected chi connectivity index (χ3v) is 3.94. The Bertz CT molecular complexity index is 848. The summed E-state index contributed by atoms with van der Waals surface area (Å²) in [5.41, 5.74) is 0.756. The van der Waals surface area contributed by atoms with E-state index in [0.29, 0.717) is 11.3 Å². The van der Waals surface area contributed by atoms with Crippen LogP contribution >= 0.6 is 11.6 Å². The van der Waals surface area contributed by atoms with E-state index in [1.807, 2.05) is 0 Å². The molecule has 0 amide bonds. The average Bonchev–Trinajstić information content (AvgIpc) is 2.45. The largest absolute Gasteiger partial charge is 0.288 e. The Hall–Kier alpha value is -2.29. The van der Waals surface area contributed by atoms with Crippen molar-refractivity contribution in [3.05, 3.63) is 63.2 Å². The molecule has 0 saturated heterocycles. The number of halogens is 1. The highest BCUT2D eigenvalue weighted by molar-refractivity contribution is 7.89. The lowest BCUT2D eigenvalue weighted by atomic mass is 10.2. The van der Waals surface area contributed by atoms with Gasteiger partial charge in [0.15, 0.2) is 0 Å². The molecule has 0 unspecified atom stereocenters. The Balaban J connectivity index is 2.25. The van der Waals surface area contributed by atoms with Crippen LogP contribution in [0.25, 0.3) is 0 Å². The van der Waals surface area contributed by atoms with E-state index in [9.17, 15) is 18.5 Å². The molecule has 114 valence electrons. The van der Waals surface area contributed by atoms with Gasteiger partial charge in [0.25, 0.3) is 5.69 Å². The number of benzene rings is 2. The van der Waals surface area contributed by atoms with Crippen molar-refractivity contribution >= 4 is 39.2 Å². The van der Waals surface area contributed by atoms with Crippen LogP contribution in [0.15, 0.2) is 52.4 Å². The summed E-state index contributed by atoms with van der Waals surface area (Å²) in [5.74, 6) is 0. The van der Waals surface area contributed by atoms with Gasteiger partial charge in [0, 0.05) is 12.3 Å². The highest BCUT2D eigenvalue weighted by Gasteiger charge is 2.11. The zero-order valence-corrected chi connectivity index (χ0v) is 12.6. The molecule has 0 spiro atoms. The van der Waals surface area contributed by atoms with E-state index in [4.69, 9.17) is 16.7 Å². The first-order valence-electron chi connectivity index (χ1n) is 5.88. The van der Waals surface area contributed by atoms with Crippen molar-refractivity contribution in [2.45, 2.75) is 4.90 Å². The maximum atomic E-state index is 11.1. The fourth-order valence-corrected chi connectivity index (χ4v) is 2.32. The van der Waals surface area contributed by atoms with E-state index in [0.717, 1.165) is 0 Å². The number of nitrogens with two attached hydrogens (primary N) is 1. The predicted octanol–water partition coefficient (Wildman–Crippen LogP) is 2.65. The second-order valence-electron chi connectivity index (χ2n) is 4.27. The summed E-state index contributed by atoms with van der Waals surface area (Å²) in [6.07, 6.45) is 1.41. The fraction of sp³-hybridized carbons (Fsp3) is 0. The van der Waals surface area contributed by atoms with E-state index >= 15 is 0 Å². The molecule has 0 fully saturated rings. The standard InChI is InChI=1S/C13H10ClN3O4S/c14-12-6-1-9(7-13(12)17(18)19)8-16-10-2-4-11(5-3-10)22(15,20)21/h1-8H,(H2,15,20,21). The zero-order valence-electron chi connectivity index (χ0n) is 11.0. The number of hydrogen-bond donors (Lipinski definition) is 1. The Morgan fingerprint density at radius 2 is 1.82 bits per heavy atom. The molecule has 2 rings (SSSR count). The van der Waals surface area contributed by atoms with Crippen molar-refractivity contribution in [2.75, 3.05) is 0 Å². The van der Waals surface area contributed by atoms with E-state index in [1.165, 1.54) is 42.6 Å². The Morgan fingerprint density at radius 1 is 1.18 bits per heavy atom. The SMILES string of the molecule is NS(=O)(=O)c1ccc(N=Cc2ccc(Cl)c([N+](=O)[O-])c2)cc1. The van der Waals surface area contributed by atoms with Crippen LogP contribution in [0.2, 0.25) is 5.02 Å². The first-order chi connectivity index (χ1) is 10.3. The van der Waals surface area contributed by atoms with Gasteiger partial charge >= 0.3 is 0 Å². The van der Waals surface area contributed by atoms with Gasteiger partial charge in [-0.1, -0.05) is 17.7 Å². The molecule has 9 heteroatoms. The van der Waals surface area contributed by atoms with Crippen LogP contribution in [0.3, 0.4) is 0 Å². The highest BCUT2D eigenvalue weighted by Crippen LogP contribution is 2.24. The number of hydrogen-bond acceptors (Lipinski definition) is 5. The molecule has 2 aromatic carbocycles. The lowest BCUT2D eigenvalue weighted by molar-refractivity contribution is -0.384. The second-order valence-corrected chi connectivity index (χ2v) is 6.23. The molecule has 0 aliphatic rings. The molecule has 2 N–H and O–H groups in total. The summed E-state index contributed by atoms with van der Waals surface area (Å²) in [4.78, 5) is 14.3. The van der Waals surface area contributed by atoms with Gasteiger partial charge in [-0.15, -0.1) is 0 Å². The maximum Gasteiger partial charge on any atom is 0.288 e. The van der Waals surface area contributed by atoms with Crippen LogP contribution < -0.4 is 5.14 Å². The molecule has 22 heavy (non-hydrogen) atoms. The molecule has 0 aliphatic carbocycles. The van der Waals surface area contributed by atoms with Crippen LogP contribution in [-0.2, 0) is 10.0 Å².